The number of hydrogen-bond donors (Lipinski definition) is 1. The summed E-state index contributed by atoms with van der Waals surface area (Å²) in [6, 6.07) is 7.63. The van der Waals surface area contributed by atoms with Crippen LogP contribution in [-0.2, 0) is 22.7 Å². The summed E-state index contributed by atoms with van der Waals surface area (Å²) in [7, 11) is 0. The molecule has 0 spiro atoms. The van der Waals surface area contributed by atoms with Crippen LogP contribution in [0.3, 0.4) is 0 Å². The smallest absolute Gasteiger partial charge is 0.306 e. The van der Waals surface area contributed by atoms with Crippen molar-refractivity contribution in [1.29, 1.82) is 0 Å². The van der Waals surface area contributed by atoms with Crippen LogP contribution in [0.5, 0.6) is 0 Å². The third-order valence-corrected chi connectivity index (χ3v) is 4.65. The first kappa shape index (κ1) is 19.0. The Morgan fingerprint density at radius 3 is 2.89 bits per heavy atom. The largest absolute Gasteiger partial charge is 0.374 e. The summed E-state index contributed by atoms with van der Waals surface area (Å²) in [5.74, 6) is -0.168. The van der Waals surface area contributed by atoms with Crippen LogP contribution in [0.25, 0.3) is 0 Å². The van der Waals surface area contributed by atoms with E-state index in [2.05, 4.69) is 10.4 Å². The molecule has 1 N–H and O–H groups in total. The highest BCUT2D eigenvalue weighted by atomic mass is 16.6. The number of nitro groups is 1. The van der Waals surface area contributed by atoms with Crippen molar-refractivity contribution in [3.63, 3.8) is 0 Å². The van der Waals surface area contributed by atoms with Gasteiger partial charge in [-0.25, -0.2) is 0 Å². The van der Waals surface area contributed by atoms with Gasteiger partial charge in [0, 0.05) is 18.7 Å². The molecule has 1 aliphatic carbocycles. The van der Waals surface area contributed by atoms with Gasteiger partial charge >= 0.3 is 5.69 Å². The summed E-state index contributed by atoms with van der Waals surface area (Å²) in [6.45, 7) is 0.829. The first-order chi connectivity index (χ1) is 13.1. The molecule has 144 valence electrons. The van der Waals surface area contributed by atoms with Crippen molar-refractivity contribution >= 4 is 17.3 Å². The minimum absolute atomic E-state index is 0.0823. The van der Waals surface area contributed by atoms with E-state index in [4.69, 9.17) is 4.74 Å². The number of anilines is 1. The molecule has 27 heavy (non-hydrogen) atoms. The number of ether oxygens (including phenoxy) is 1. The summed E-state index contributed by atoms with van der Waals surface area (Å²) in [4.78, 5) is 22.3. The predicted molar refractivity (Wildman–Crippen MR) is 100 cm³/mol. The summed E-state index contributed by atoms with van der Waals surface area (Å²) in [5.41, 5.74) is 1.67. The molecule has 1 aromatic carbocycles. The zero-order valence-corrected chi connectivity index (χ0v) is 15.2. The maximum atomic E-state index is 12.1. The average molecular weight is 372 g/mol. The zero-order valence-electron chi connectivity index (χ0n) is 15.2. The number of amides is 1. The predicted octanol–water partition coefficient (Wildman–Crippen LogP) is 3.67. The van der Waals surface area contributed by atoms with Crippen LogP contribution < -0.4 is 5.32 Å². The van der Waals surface area contributed by atoms with Gasteiger partial charge in [-0.05, 0) is 30.5 Å². The van der Waals surface area contributed by atoms with Crippen LogP contribution in [0, 0.1) is 10.1 Å². The lowest BCUT2D eigenvalue weighted by atomic mass is 9.98. The maximum absolute atomic E-state index is 12.1. The normalized spacial score (nSPS) is 14.8. The molecule has 0 bridgehead atoms. The van der Waals surface area contributed by atoms with E-state index in [0.29, 0.717) is 12.7 Å². The fraction of sp³-hybridized carbons (Fsp3) is 0.474. The Morgan fingerprint density at radius 1 is 1.33 bits per heavy atom. The van der Waals surface area contributed by atoms with Gasteiger partial charge in [-0.2, -0.15) is 5.10 Å². The number of hydrogen-bond acceptors (Lipinski definition) is 5. The molecule has 0 unspecified atom stereocenters. The summed E-state index contributed by atoms with van der Waals surface area (Å²) < 4.78 is 7.37. The van der Waals surface area contributed by atoms with Crippen molar-refractivity contribution in [2.75, 3.05) is 5.32 Å². The van der Waals surface area contributed by atoms with Gasteiger partial charge in [0.2, 0.25) is 5.91 Å². The van der Waals surface area contributed by atoms with E-state index >= 15 is 0 Å². The molecule has 2 aromatic rings. The van der Waals surface area contributed by atoms with Crippen molar-refractivity contribution in [3.05, 3.63) is 52.3 Å². The number of carbonyl (C=O) groups is 1. The van der Waals surface area contributed by atoms with Crippen molar-refractivity contribution in [3.8, 4) is 0 Å². The van der Waals surface area contributed by atoms with Gasteiger partial charge in [0.25, 0.3) is 0 Å². The lowest BCUT2D eigenvalue weighted by Crippen LogP contribution is -2.16. The Labute approximate surface area is 157 Å². The summed E-state index contributed by atoms with van der Waals surface area (Å²) in [6.07, 6.45) is 9.04. The molecular formula is C19H24N4O4. The summed E-state index contributed by atoms with van der Waals surface area (Å²) in [5, 5.41) is 17.4. The molecule has 1 aliphatic rings. The molecule has 1 amide bonds. The highest BCUT2D eigenvalue weighted by Gasteiger charge is 2.14. The van der Waals surface area contributed by atoms with E-state index in [1.807, 2.05) is 24.3 Å². The third-order valence-electron chi connectivity index (χ3n) is 4.65. The molecule has 1 fully saturated rings. The van der Waals surface area contributed by atoms with Crippen molar-refractivity contribution in [2.24, 2.45) is 0 Å². The van der Waals surface area contributed by atoms with E-state index in [0.717, 1.165) is 24.1 Å². The second-order valence-corrected chi connectivity index (χ2v) is 6.79. The van der Waals surface area contributed by atoms with Crippen molar-refractivity contribution < 1.29 is 14.5 Å². The number of aromatic nitrogens is 2. The molecular weight excluding hydrogens is 348 g/mol. The second kappa shape index (κ2) is 9.27. The fourth-order valence-electron chi connectivity index (χ4n) is 3.19. The van der Waals surface area contributed by atoms with Crippen LogP contribution >= 0.6 is 0 Å². The van der Waals surface area contributed by atoms with Gasteiger partial charge < -0.3 is 10.1 Å². The Bertz CT molecular complexity index is 784. The van der Waals surface area contributed by atoms with Gasteiger partial charge in [-0.3, -0.25) is 19.6 Å². The van der Waals surface area contributed by atoms with Gasteiger partial charge in [-0.1, -0.05) is 31.4 Å². The topological polar surface area (TPSA) is 99.3 Å². The Kier molecular flexibility index (Phi) is 6.54. The Hall–Kier alpha value is -2.74. The van der Waals surface area contributed by atoms with Crippen LogP contribution in [0.2, 0.25) is 0 Å². The van der Waals surface area contributed by atoms with E-state index in [-0.39, 0.29) is 24.6 Å². The lowest BCUT2D eigenvalue weighted by Gasteiger charge is -2.22. The number of aryl methyl sites for hydroxylation is 1. The summed E-state index contributed by atoms with van der Waals surface area (Å²) >= 11 is 0. The van der Waals surface area contributed by atoms with Gasteiger partial charge in [0.05, 0.1) is 17.6 Å². The monoisotopic (exact) mass is 372 g/mol. The minimum atomic E-state index is -0.509. The van der Waals surface area contributed by atoms with Gasteiger partial charge in [0.1, 0.15) is 12.4 Å². The number of rotatable bonds is 8. The van der Waals surface area contributed by atoms with Crippen LogP contribution in [0.15, 0.2) is 36.7 Å². The Morgan fingerprint density at radius 2 is 2.15 bits per heavy atom. The minimum Gasteiger partial charge on any atom is -0.374 e. The van der Waals surface area contributed by atoms with Crippen LogP contribution in [0.4, 0.5) is 11.4 Å². The first-order valence-electron chi connectivity index (χ1n) is 9.27. The Balaban J connectivity index is 1.46. The fourth-order valence-corrected chi connectivity index (χ4v) is 3.19. The lowest BCUT2D eigenvalue weighted by molar-refractivity contribution is -0.385. The molecule has 0 aliphatic heterocycles. The highest BCUT2D eigenvalue weighted by Crippen LogP contribution is 2.22. The first-order valence-corrected chi connectivity index (χ1v) is 9.27. The highest BCUT2D eigenvalue weighted by molar-refractivity contribution is 5.90. The molecule has 3 rings (SSSR count). The van der Waals surface area contributed by atoms with Crippen molar-refractivity contribution in [1.82, 2.24) is 9.78 Å². The maximum Gasteiger partial charge on any atom is 0.306 e. The molecule has 8 nitrogen and oxygen atoms in total. The number of benzene rings is 1. The van der Waals surface area contributed by atoms with Crippen molar-refractivity contribution in [2.45, 2.75) is 57.8 Å². The number of carbonyl (C=O) groups excluding carboxylic acids is 1. The zero-order chi connectivity index (χ0) is 19.1. The number of nitrogens with zero attached hydrogens (tertiary/aromatic N) is 3. The number of nitrogens with one attached hydrogen (secondary N) is 1. The molecule has 0 radical (unpaired) electrons. The average Bonchev–Trinajstić information content (AvgIpc) is 3.15. The SMILES string of the molecule is O=C(CCn1cc([N+](=O)[O-])cn1)Nc1cccc(COC2CCCCC2)c1. The van der Waals surface area contributed by atoms with Crippen LogP contribution in [-0.4, -0.2) is 26.7 Å². The van der Waals surface area contributed by atoms with E-state index < -0.39 is 4.92 Å². The molecule has 1 aromatic heterocycles. The standard InChI is InChI=1S/C19H24N4O4/c24-19(9-10-22-13-17(12-20-22)23(25)26)21-16-6-4-5-15(11-16)14-27-18-7-2-1-3-8-18/h4-6,11-13,18H,1-3,7-10,14H2,(H,21,24). The van der Waals surface area contributed by atoms with Gasteiger partial charge in [-0.15, -0.1) is 0 Å². The van der Waals surface area contributed by atoms with E-state index in [9.17, 15) is 14.9 Å². The van der Waals surface area contributed by atoms with E-state index in [1.54, 1.807) is 0 Å². The van der Waals surface area contributed by atoms with Crippen LogP contribution in [0.1, 0.15) is 44.1 Å². The second-order valence-electron chi connectivity index (χ2n) is 6.79. The molecule has 1 saturated carbocycles. The quantitative estimate of drug-likeness (QED) is 0.563. The molecule has 0 saturated heterocycles. The molecule has 8 heteroatoms. The van der Waals surface area contributed by atoms with E-state index in [1.165, 1.54) is 36.3 Å². The molecule has 1 heterocycles. The molecule has 0 atom stereocenters. The van der Waals surface area contributed by atoms with Gasteiger partial charge in [0.15, 0.2) is 0 Å². The third kappa shape index (κ3) is 5.89.